The third-order valence-corrected chi connectivity index (χ3v) is 1.07. The van der Waals surface area contributed by atoms with E-state index in [1.54, 1.807) is 27.0 Å². The van der Waals surface area contributed by atoms with Gasteiger partial charge in [-0.25, -0.2) is 9.79 Å². The molecule has 14 heavy (non-hydrogen) atoms. The van der Waals surface area contributed by atoms with Gasteiger partial charge in [0, 0.05) is 6.21 Å². The first-order chi connectivity index (χ1) is 6.35. The molecule has 4 heteroatoms. The van der Waals surface area contributed by atoms with E-state index in [0.29, 0.717) is 5.82 Å². The van der Waals surface area contributed by atoms with Crippen molar-refractivity contribution in [1.82, 2.24) is 5.32 Å². The predicted octanol–water partition coefficient (Wildman–Crippen LogP) is 2.46. The maximum absolute atomic E-state index is 11.2. The number of ether oxygens (including phenoxy) is 1. The molecule has 1 N–H and O–H groups in total. The molecule has 0 fully saturated rings. The molecule has 1 amide bonds. The second-order valence-corrected chi connectivity index (χ2v) is 3.79. The normalized spacial score (nSPS) is 11.4. The van der Waals surface area contributed by atoms with Gasteiger partial charge in [-0.05, 0) is 27.2 Å². The van der Waals surface area contributed by atoms with Gasteiger partial charge >= 0.3 is 6.09 Å². The smallest absolute Gasteiger partial charge is 0.413 e. The topological polar surface area (TPSA) is 50.7 Å². The average molecular weight is 198 g/mol. The molecule has 0 unspecified atom stereocenters. The Bertz CT molecular complexity index is 239. The van der Waals surface area contributed by atoms with Crippen LogP contribution in [-0.4, -0.2) is 17.9 Å². The number of alkyl carbamates (subject to hydrolysis) is 1. The SMILES string of the molecule is C=C(N=CCC)NC(=O)OC(C)(C)C. The summed E-state index contributed by atoms with van der Waals surface area (Å²) in [7, 11) is 0. The van der Waals surface area contributed by atoms with Gasteiger partial charge in [0.15, 0.2) is 0 Å². The zero-order valence-electron chi connectivity index (χ0n) is 9.26. The van der Waals surface area contributed by atoms with Crippen LogP contribution < -0.4 is 5.32 Å². The molecule has 0 saturated heterocycles. The minimum Gasteiger partial charge on any atom is -0.444 e. The van der Waals surface area contributed by atoms with Crippen LogP contribution in [0.1, 0.15) is 34.1 Å². The van der Waals surface area contributed by atoms with E-state index in [1.165, 1.54) is 0 Å². The van der Waals surface area contributed by atoms with E-state index in [1.807, 2.05) is 6.92 Å². The van der Waals surface area contributed by atoms with Crippen molar-refractivity contribution in [2.75, 3.05) is 0 Å². The Morgan fingerprint density at radius 2 is 2.14 bits per heavy atom. The molecule has 0 aromatic carbocycles. The molecule has 80 valence electrons. The summed E-state index contributed by atoms with van der Waals surface area (Å²) in [6.45, 7) is 10.9. The number of nitrogens with one attached hydrogen (secondary N) is 1. The first-order valence-electron chi connectivity index (χ1n) is 4.56. The predicted molar refractivity (Wildman–Crippen MR) is 57.3 cm³/mol. The molecule has 0 aliphatic rings. The van der Waals surface area contributed by atoms with Crippen molar-refractivity contribution < 1.29 is 9.53 Å². The van der Waals surface area contributed by atoms with E-state index >= 15 is 0 Å². The van der Waals surface area contributed by atoms with Crippen molar-refractivity contribution in [2.45, 2.75) is 39.7 Å². The zero-order chi connectivity index (χ0) is 11.2. The summed E-state index contributed by atoms with van der Waals surface area (Å²) in [6.07, 6.45) is 1.94. The van der Waals surface area contributed by atoms with Crippen molar-refractivity contribution in [3.05, 3.63) is 12.4 Å². The second-order valence-electron chi connectivity index (χ2n) is 3.79. The fourth-order valence-electron chi connectivity index (χ4n) is 0.655. The monoisotopic (exact) mass is 198 g/mol. The maximum Gasteiger partial charge on any atom is 0.413 e. The lowest BCUT2D eigenvalue weighted by molar-refractivity contribution is 0.0546. The molecule has 0 atom stereocenters. The van der Waals surface area contributed by atoms with Crippen molar-refractivity contribution in [3.63, 3.8) is 0 Å². The van der Waals surface area contributed by atoms with Gasteiger partial charge in [0.2, 0.25) is 0 Å². The Morgan fingerprint density at radius 1 is 1.57 bits per heavy atom. The highest BCUT2D eigenvalue weighted by molar-refractivity contribution is 5.70. The molecule has 0 heterocycles. The summed E-state index contributed by atoms with van der Waals surface area (Å²) >= 11 is 0. The van der Waals surface area contributed by atoms with Crippen LogP contribution in [0.2, 0.25) is 0 Å². The number of hydrogen-bond acceptors (Lipinski definition) is 3. The molecule has 0 aromatic heterocycles. The Labute approximate surface area is 85.1 Å². The van der Waals surface area contributed by atoms with Crippen LogP contribution in [-0.2, 0) is 4.74 Å². The van der Waals surface area contributed by atoms with Crippen molar-refractivity contribution in [3.8, 4) is 0 Å². The molecule has 0 saturated carbocycles. The Hall–Kier alpha value is -1.32. The zero-order valence-corrected chi connectivity index (χ0v) is 9.26. The molecule has 4 nitrogen and oxygen atoms in total. The summed E-state index contributed by atoms with van der Waals surface area (Å²) in [6, 6.07) is 0. The number of nitrogens with zero attached hydrogens (tertiary/aromatic N) is 1. The van der Waals surface area contributed by atoms with E-state index in [0.717, 1.165) is 6.42 Å². The molecule has 0 spiro atoms. The van der Waals surface area contributed by atoms with Crippen molar-refractivity contribution in [1.29, 1.82) is 0 Å². The Morgan fingerprint density at radius 3 is 2.57 bits per heavy atom. The number of carbonyl (C=O) groups is 1. The highest BCUT2D eigenvalue weighted by Crippen LogP contribution is 2.06. The highest BCUT2D eigenvalue weighted by Gasteiger charge is 2.15. The van der Waals surface area contributed by atoms with Crippen molar-refractivity contribution in [2.24, 2.45) is 4.99 Å². The molecule has 0 aromatic rings. The number of hydrogen-bond donors (Lipinski definition) is 1. The minimum absolute atomic E-state index is 0.293. The summed E-state index contributed by atoms with van der Waals surface area (Å²) < 4.78 is 5.00. The molecule has 0 radical (unpaired) electrons. The quantitative estimate of drug-likeness (QED) is 0.708. The lowest BCUT2D eigenvalue weighted by Gasteiger charge is -2.19. The number of carbonyl (C=O) groups excluding carboxylic acids is 1. The fraction of sp³-hybridized carbons (Fsp3) is 0.600. The lowest BCUT2D eigenvalue weighted by atomic mass is 10.2. The van der Waals surface area contributed by atoms with Crippen molar-refractivity contribution >= 4 is 12.3 Å². The van der Waals surface area contributed by atoms with Gasteiger partial charge in [-0.3, -0.25) is 5.32 Å². The molecule has 0 aliphatic heterocycles. The number of rotatable bonds is 3. The third kappa shape index (κ3) is 7.34. The molecular weight excluding hydrogens is 180 g/mol. The third-order valence-electron chi connectivity index (χ3n) is 1.07. The van der Waals surface area contributed by atoms with Gasteiger partial charge < -0.3 is 4.74 Å². The first kappa shape index (κ1) is 12.7. The molecule has 0 aliphatic carbocycles. The van der Waals surface area contributed by atoms with E-state index in [2.05, 4.69) is 16.9 Å². The summed E-state index contributed by atoms with van der Waals surface area (Å²) in [5.74, 6) is 0.293. The van der Waals surface area contributed by atoms with E-state index < -0.39 is 11.7 Å². The van der Waals surface area contributed by atoms with E-state index in [-0.39, 0.29) is 0 Å². The standard InChI is InChI=1S/C10H18N2O2/c1-6-7-11-8(2)12-9(13)14-10(3,4)5/h7H,2,6H2,1,3-5H3,(H,12,13). The van der Waals surface area contributed by atoms with Gasteiger partial charge in [0.05, 0.1) is 0 Å². The van der Waals surface area contributed by atoms with Gasteiger partial charge in [-0.1, -0.05) is 13.5 Å². The van der Waals surface area contributed by atoms with Crippen LogP contribution in [0.4, 0.5) is 4.79 Å². The number of amides is 1. The Kier molecular flexibility index (Phi) is 4.91. The van der Waals surface area contributed by atoms with Gasteiger partial charge in [0.1, 0.15) is 11.4 Å². The maximum atomic E-state index is 11.2. The lowest BCUT2D eigenvalue weighted by Crippen LogP contribution is -2.31. The molecular formula is C10H18N2O2. The van der Waals surface area contributed by atoms with Crippen LogP contribution in [0.25, 0.3) is 0 Å². The number of aliphatic imine (C=N–C) groups is 1. The summed E-state index contributed by atoms with van der Waals surface area (Å²) in [4.78, 5) is 15.0. The van der Waals surface area contributed by atoms with Crippen LogP contribution in [0.5, 0.6) is 0 Å². The van der Waals surface area contributed by atoms with E-state index in [4.69, 9.17) is 4.74 Å². The summed E-state index contributed by atoms with van der Waals surface area (Å²) in [5.41, 5.74) is -0.501. The van der Waals surface area contributed by atoms with Crippen LogP contribution in [0, 0.1) is 0 Å². The van der Waals surface area contributed by atoms with Crippen LogP contribution in [0.15, 0.2) is 17.4 Å². The molecule has 0 rings (SSSR count). The summed E-state index contributed by atoms with van der Waals surface area (Å²) in [5, 5.41) is 2.42. The molecule has 0 bridgehead atoms. The first-order valence-corrected chi connectivity index (χ1v) is 4.56. The fourth-order valence-corrected chi connectivity index (χ4v) is 0.655. The van der Waals surface area contributed by atoms with E-state index in [9.17, 15) is 4.79 Å². The minimum atomic E-state index is -0.532. The highest BCUT2D eigenvalue weighted by atomic mass is 16.6. The second kappa shape index (κ2) is 5.42. The van der Waals surface area contributed by atoms with Gasteiger partial charge in [-0.2, -0.15) is 0 Å². The Balaban J connectivity index is 3.95. The average Bonchev–Trinajstić information content (AvgIpc) is 1.96. The van der Waals surface area contributed by atoms with Crippen LogP contribution >= 0.6 is 0 Å². The largest absolute Gasteiger partial charge is 0.444 e. The van der Waals surface area contributed by atoms with Gasteiger partial charge in [0.25, 0.3) is 0 Å². The van der Waals surface area contributed by atoms with Gasteiger partial charge in [-0.15, -0.1) is 0 Å². The van der Waals surface area contributed by atoms with Crippen LogP contribution in [0.3, 0.4) is 0 Å².